The maximum absolute atomic E-state index is 5.87. The molecule has 0 atom stereocenters. The molecule has 0 fully saturated rings. The first-order valence-corrected chi connectivity index (χ1v) is 6.18. The van der Waals surface area contributed by atoms with Crippen LogP contribution < -0.4 is 5.32 Å². The molecule has 0 aliphatic carbocycles. The fourth-order valence-electron chi connectivity index (χ4n) is 1.55. The van der Waals surface area contributed by atoms with Gasteiger partial charge in [-0.1, -0.05) is 11.6 Å². The van der Waals surface area contributed by atoms with E-state index < -0.39 is 0 Å². The van der Waals surface area contributed by atoms with Gasteiger partial charge in [-0.3, -0.25) is 4.99 Å². The largest absolute Gasteiger partial charge is 0.343 e. The summed E-state index contributed by atoms with van der Waals surface area (Å²) in [4.78, 5) is 4.44. The molecule has 1 aromatic rings. The maximum atomic E-state index is 5.87. The molecule has 2 nitrogen and oxygen atoms in total. The predicted octanol–water partition coefficient (Wildman–Crippen LogP) is 4.10. The number of nitrogens with one attached hydrogen (secondary N) is 1. The second kappa shape index (κ2) is 4.99. The number of benzene rings is 1. The molecule has 1 aromatic carbocycles. The molecule has 0 spiro atoms. The predicted molar refractivity (Wildman–Crippen MR) is 68.9 cm³/mol. The number of anilines is 1. The molecule has 80 valence electrons. The van der Waals surface area contributed by atoms with E-state index in [-0.39, 0.29) is 0 Å². The molecule has 0 aromatic heterocycles. The normalized spacial score (nSPS) is 16.0. The average Bonchev–Trinajstić information content (AvgIpc) is 2.24. The van der Waals surface area contributed by atoms with Crippen LogP contribution >= 0.6 is 27.5 Å². The SMILES string of the molecule is Clc1ccc(NC2=NCCCC2)c(Br)c1. The van der Waals surface area contributed by atoms with Gasteiger partial charge in [0.15, 0.2) is 0 Å². The van der Waals surface area contributed by atoms with Crippen molar-refractivity contribution in [1.29, 1.82) is 0 Å². The van der Waals surface area contributed by atoms with Crippen LogP contribution in [-0.4, -0.2) is 12.4 Å². The summed E-state index contributed by atoms with van der Waals surface area (Å²) in [5.41, 5.74) is 1.03. The third-order valence-corrected chi connectivity index (χ3v) is 3.23. The maximum Gasteiger partial charge on any atom is 0.101 e. The molecule has 1 heterocycles. The Labute approximate surface area is 103 Å². The Balaban J connectivity index is 2.13. The summed E-state index contributed by atoms with van der Waals surface area (Å²) in [6, 6.07) is 5.72. The second-order valence-corrected chi connectivity index (χ2v) is 4.83. The number of amidine groups is 1. The van der Waals surface area contributed by atoms with E-state index >= 15 is 0 Å². The molecule has 0 amide bonds. The van der Waals surface area contributed by atoms with Gasteiger partial charge in [-0.2, -0.15) is 0 Å². The summed E-state index contributed by atoms with van der Waals surface area (Å²) >= 11 is 9.34. The summed E-state index contributed by atoms with van der Waals surface area (Å²) in [5.74, 6) is 1.07. The van der Waals surface area contributed by atoms with Crippen molar-refractivity contribution in [1.82, 2.24) is 0 Å². The third kappa shape index (κ3) is 2.95. The van der Waals surface area contributed by atoms with E-state index in [1.54, 1.807) is 0 Å². The molecule has 1 N–H and O–H groups in total. The van der Waals surface area contributed by atoms with E-state index in [1.807, 2.05) is 18.2 Å². The van der Waals surface area contributed by atoms with Crippen LogP contribution in [0, 0.1) is 0 Å². The summed E-state index contributed by atoms with van der Waals surface area (Å²) in [7, 11) is 0. The highest BCUT2D eigenvalue weighted by molar-refractivity contribution is 9.10. The van der Waals surface area contributed by atoms with Gasteiger partial charge in [0.2, 0.25) is 0 Å². The Morgan fingerprint density at radius 2 is 2.20 bits per heavy atom. The lowest BCUT2D eigenvalue weighted by molar-refractivity contribution is 0.737. The van der Waals surface area contributed by atoms with Crippen LogP contribution in [0.3, 0.4) is 0 Å². The van der Waals surface area contributed by atoms with Crippen molar-refractivity contribution in [2.75, 3.05) is 11.9 Å². The molecule has 1 aliphatic rings. The number of nitrogens with zero attached hydrogens (tertiary/aromatic N) is 1. The molecule has 4 heteroatoms. The summed E-state index contributed by atoms with van der Waals surface area (Å²) in [6.45, 7) is 0.938. The minimum Gasteiger partial charge on any atom is -0.343 e. The van der Waals surface area contributed by atoms with E-state index in [0.717, 1.165) is 34.0 Å². The molecule has 15 heavy (non-hydrogen) atoms. The summed E-state index contributed by atoms with van der Waals surface area (Å²) < 4.78 is 0.975. The zero-order chi connectivity index (χ0) is 10.7. The van der Waals surface area contributed by atoms with Crippen molar-refractivity contribution < 1.29 is 0 Å². The first kappa shape index (κ1) is 11.0. The molecule has 0 radical (unpaired) electrons. The number of halogens is 2. The van der Waals surface area contributed by atoms with Crippen LogP contribution in [-0.2, 0) is 0 Å². The van der Waals surface area contributed by atoms with Crippen LogP contribution in [0.2, 0.25) is 5.02 Å². The third-order valence-electron chi connectivity index (χ3n) is 2.33. The molecule has 2 rings (SSSR count). The summed E-state index contributed by atoms with van der Waals surface area (Å²) in [6.07, 6.45) is 3.46. The lowest BCUT2D eigenvalue weighted by atomic mass is 10.2. The Morgan fingerprint density at radius 3 is 2.87 bits per heavy atom. The van der Waals surface area contributed by atoms with Crippen molar-refractivity contribution in [3.8, 4) is 0 Å². The van der Waals surface area contributed by atoms with Crippen molar-refractivity contribution in [3.63, 3.8) is 0 Å². The van der Waals surface area contributed by atoms with Gasteiger partial charge in [0.05, 0.1) is 5.69 Å². The van der Waals surface area contributed by atoms with E-state index in [2.05, 4.69) is 26.2 Å². The highest BCUT2D eigenvalue weighted by Crippen LogP contribution is 2.26. The summed E-state index contributed by atoms with van der Waals surface area (Å²) in [5, 5.41) is 4.06. The van der Waals surface area contributed by atoms with Gasteiger partial charge in [0.25, 0.3) is 0 Å². The highest BCUT2D eigenvalue weighted by Gasteiger charge is 2.07. The number of rotatable bonds is 1. The van der Waals surface area contributed by atoms with Gasteiger partial charge in [-0.15, -0.1) is 0 Å². The molecule has 0 unspecified atom stereocenters. The number of hydrogen-bond acceptors (Lipinski definition) is 2. The van der Waals surface area contributed by atoms with Crippen molar-refractivity contribution in [2.45, 2.75) is 19.3 Å². The quantitative estimate of drug-likeness (QED) is 0.826. The molecular formula is C11H12BrClN2. The standard InChI is InChI=1S/C11H12BrClN2/c12-9-7-8(13)4-5-10(9)15-11-3-1-2-6-14-11/h4-5,7H,1-3,6H2,(H,14,15). The minimum atomic E-state index is 0.734. The first-order chi connectivity index (χ1) is 7.25. The van der Waals surface area contributed by atoms with Gasteiger partial charge < -0.3 is 5.32 Å². The zero-order valence-corrected chi connectivity index (χ0v) is 10.6. The lowest BCUT2D eigenvalue weighted by Gasteiger charge is -2.15. The van der Waals surface area contributed by atoms with Crippen LogP contribution in [0.4, 0.5) is 5.69 Å². The van der Waals surface area contributed by atoms with Crippen molar-refractivity contribution >= 4 is 39.1 Å². The molecular weight excluding hydrogens is 275 g/mol. The first-order valence-electron chi connectivity index (χ1n) is 5.01. The second-order valence-electron chi connectivity index (χ2n) is 3.53. The molecule has 0 saturated carbocycles. The average molecular weight is 288 g/mol. The highest BCUT2D eigenvalue weighted by atomic mass is 79.9. The van der Waals surface area contributed by atoms with Gasteiger partial charge in [0.1, 0.15) is 5.84 Å². The van der Waals surface area contributed by atoms with Gasteiger partial charge in [0, 0.05) is 22.5 Å². The van der Waals surface area contributed by atoms with Gasteiger partial charge in [-0.05, 0) is 47.0 Å². The Hall–Kier alpha value is -0.540. The van der Waals surface area contributed by atoms with Crippen molar-refractivity contribution in [3.05, 3.63) is 27.7 Å². The Morgan fingerprint density at radius 1 is 1.33 bits per heavy atom. The van der Waals surface area contributed by atoms with E-state index in [4.69, 9.17) is 11.6 Å². The van der Waals surface area contributed by atoms with Crippen LogP contribution in [0.1, 0.15) is 19.3 Å². The van der Waals surface area contributed by atoms with E-state index in [9.17, 15) is 0 Å². The lowest BCUT2D eigenvalue weighted by Crippen LogP contribution is -2.16. The number of hydrogen-bond donors (Lipinski definition) is 1. The monoisotopic (exact) mass is 286 g/mol. The van der Waals surface area contributed by atoms with Crippen LogP contribution in [0.25, 0.3) is 0 Å². The van der Waals surface area contributed by atoms with E-state index in [0.29, 0.717) is 0 Å². The molecule has 1 aliphatic heterocycles. The van der Waals surface area contributed by atoms with Crippen LogP contribution in [0.15, 0.2) is 27.7 Å². The van der Waals surface area contributed by atoms with E-state index in [1.165, 1.54) is 12.8 Å². The topological polar surface area (TPSA) is 24.4 Å². The fourth-order valence-corrected chi connectivity index (χ4v) is 2.33. The minimum absolute atomic E-state index is 0.734. The zero-order valence-electron chi connectivity index (χ0n) is 8.26. The number of aliphatic imine (C=N–C) groups is 1. The van der Waals surface area contributed by atoms with Gasteiger partial charge >= 0.3 is 0 Å². The molecule has 0 saturated heterocycles. The van der Waals surface area contributed by atoms with Crippen molar-refractivity contribution in [2.24, 2.45) is 4.99 Å². The van der Waals surface area contributed by atoms with Gasteiger partial charge in [-0.25, -0.2) is 0 Å². The molecule has 0 bridgehead atoms. The van der Waals surface area contributed by atoms with Crippen LogP contribution in [0.5, 0.6) is 0 Å². The Bertz CT molecular complexity index is 390. The smallest absolute Gasteiger partial charge is 0.101 e. The fraction of sp³-hybridized carbons (Fsp3) is 0.364. The Kier molecular flexibility index (Phi) is 3.65.